The minimum absolute atomic E-state index is 0.172. The Hall–Kier alpha value is -0.300. The van der Waals surface area contributed by atoms with Crippen LogP contribution in [0.25, 0.3) is 0 Å². The monoisotopic (exact) mass is 267 g/mol. The van der Waals surface area contributed by atoms with Crippen LogP contribution in [0.15, 0.2) is 22.7 Å². The molecule has 0 aliphatic heterocycles. The zero-order valence-electron chi connectivity index (χ0n) is 6.33. The number of rotatable bonds is 3. The Labute approximate surface area is 85.5 Å². The molecule has 0 aromatic heterocycles. The molecule has 0 fully saturated rings. The van der Waals surface area contributed by atoms with E-state index in [1.165, 1.54) is 18.2 Å². The predicted octanol–water partition coefficient (Wildman–Crippen LogP) is 1.90. The average molecular weight is 268 g/mol. The Morgan fingerprint density at radius 3 is 2.92 bits per heavy atom. The first-order chi connectivity index (χ1) is 6.09. The van der Waals surface area contributed by atoms with Crippen molar-refractivity contribution in [3.63, 3.8) is 0 Å². The van der Waals surface area contributed by atoms with Gasteiger partial charge < -0.3 is 4.55 Å². The largest absolute Gasteiger partial charge is 0.750 e. The fourth-order valence-corrected chi connectivity index (χ4v) is 1.35. The summed E-state index contributed by atoms with van der Waals surface area (Å²) in [6.07, 6.45) is 0. The van der Waals surface area contributed by atoms with Crippen LogP contribution in [0.1, 0.15) is 5.56 Å². The first-order valence-electron chi connectivity index (χ1n) is 3.26. The molecule has 0 radical (unpaired) electrons. The topological polar surface area (TPSA) is 49.4 Å². The van der Waals surface area contributed by atoms with Crippen LogP contribution in [0.4, 0.5) is 4.39 Å². The fourth-order valence-electron chi connectivity index (χ4n) is 0.766. The number of hydrogen-bond acceptors (Lipinski definition) is 3. The second-order valence-electron chi connectivity index (χ2n) is 2.20. The second-order valence-corrected chi connectivity index (χ2v) is 3.70. The van der Waals surface area contributed by atoms with E-state index in [0.29, 0.717) is 10.0 Å². The van der Waals surface area contributed by atoms with Gasteiger partial charge in [0.05, 0.1) is 18.0 Å². The molecule has 0 bridgehead atoms. The van der Waals surface area contributed by atoms with Crippen LogP contribution in [0.2, 0.25) is 0 Å². The van der Waals surface area contributed by atoms with Gasteiger partial charge in [0.25, 0.3) is 0 Å². The van der Waals surface area contributed by atoms with Gasteiger partial charge in [-0.2, -0.15) is 0 Å². The van der Waals surface area contributed by atoms with E-state index in [0.717, 1.165) is 0 Å². The van der Waals surface area contributed by atoms with E-state index in [9.17, 15) is 13.2 Å². The van der Waals surface area contributed by atoms with Gasteiger partial charge in [-0.15, -0.1) is 0 Å². The van der Waals surface area contributed by atoms with Crippen molar-refractivity contribution in [3.8, 4) is 0 Å². The molecule has 1 unspecified atom stereocenters. The molecule has 0 aliphatic rings. The Morgan fingerprint density at radius 1 is 1.62 bits per heavy atom. The zero-order chi connectivity index (χ0) is 9.84. The van der Waals surface area contributed by atoms with Crippen molar-refractivity contribution in [2.24, 2.45) is 0 Å². The summed E-state index contributed by atoms with van der Waals surface area (Å²) in [5.41, 5.74) is 0.448. The summed E-state index contributed by atoms with van der Waals surface area (Å²) in [6.45, 7) is -0.172. The minimum Gasteiger partial charge on any atom is -0.750 e. The molecule has 13 heavy (non-hydrogen) atoms. The molecule has 1 aromatic rings. The molecule has 72 valence electrons. The van der Waals surface area contributed by atoms with Crippen LogP contribution in [0.3, 0.4) is 0 Å². The van der Waals surface area contributed by atoms with Crippen molar-refractivity contribution >= 4 is 27.3 Å². The van der Waals surface area contributed by atoms with Crippen LogP contribution in [-0.2, 0) is 22.2 Å². The molecule has 0 aliphatic carbocycles. The lowest BCUT2D eigenvalue weighted by atomic mass is 10.2. The molecule has 0 spiro atoms. The maximum Gasteiger partial charge on any atom is 0.123 e. The van der Waals surface area contributed by atoms with Gasteiger partial charge in [0.2, 0.25) is 0 Å². The van der Waals surface area contributed by atoms with Gasteiger partial charge in [0.15, 0.2) is 0 Å². The second kappa shape index (κ2) is 4.80. The van der Waals surface area contributed by atoms with E-state index >= 15 is 0 Å². The lowest BCUT2D eigenvalue weighted by Crippen LogP contribution is -1.97. The summed E-state index contributed by atoms with van der Waals surface area (Å²) in [5.74, 6) is -0.432. The molecule has 1 aromatic carbocycles. The molecular weight excluding hydrogens is 263 g/mol. The van der Waals surface area contributed by atoms with Crippen LogP contribution in [0, 0.1) is 5.82 Å². The predicted molar refractivity (Wildman–Crippen MR) is 47.8 cm³/mol. The van der Waals surface area contributed by atoms with Gasteiger partial charge >= 0.3 is 0 Å². The Morgan fingerprint density at radius 2 is 2.31 bits per heavy atom. The average Bonchev–Trinajstić information content (AvgIpc) is 2.06. The van der Waals surface area contributed by atoms with Gasteiger partial charge in [0.1, 0.15) is 5.82 Å². The van der Waals surface area contributed by atoms with Gasteiger partial charge in [-0.3, -0.25) is 4.18 Å². The highest BCUT2D eigenvalue weighted by Crippen LogP contribution is 2.18. The van der Waals surface area contributed by atoms with Gasteiger partial charge in [-0.05, 0) is 23.8 Å². The van der Waals surface area contributed by atoms with Crippen LogP contribution in [0.5, 0.6) is 0 Å². The Bertz CT molecular complexity index is 332. The van der Waals surface area contributed by atoms with E-state index in [1.54, 1.807) is 0 Å². The van der Waals surface area contributed by atoms with Crippen molar-refractivity contribution in [1.29, 1.82) is 0 Å². The fraction of sp³-hybridized carbons (Fsp3) is 0.143. The lowest BCUT2D eigenvalue weighted by molar-refractivity contribution is 0.290. The van der Waals surface area contributed by atoms with Crippen molar-refractivity contribution in [2.75, 3.05) is 0 Å². The van der Waals surface area contributed by atoms with Gasteiger partial charge in [0, 0.05) is 4.47 Å². The molecule has 0 saturated heterocycles. The molecule has 0 saturated carbocycles. The molecule has 0 heterocycles. The zero-order valence-corrected chi connectivity index (χ0v) is 8.73. The van der Waals surface area contributed by atoms with Crippen molar-refractivity contribution in [3.05, 3.63) is 34.1 Å². The molecule has 3 nitrogen and oxygen atoms in total. The minimum atomic E-state index is -2.57. The summed E-state index contributed by atoms with van der Waals surface area (Å²) >= 11 is 0.559. The summed E-state index contributed by atoms with van der Waals surface area (Å²) in [6, 6.07) is 3.96. The Kier molecular flexibility index (Phi) is 3.98. The molecule has 1 rings (SSSR count). The van der Waals surface area contributed by atoms with Gasteiger partial charge in [-0.1, -0.05) is 15.9 Å². The highest BCUT2D eigenvalue weighted by molar-refractivity contribution is 9.10. The summed E-state index contributed by atoms with van der Waals surface area (Å²) < 4.78 is 37.6. The first kappa shape index (κ1) is 10.8. The van der Waals surface area contributed by atoms with E-state index in [1.807, 2.05) is 0 Å². The van der Waals surface area contributed by atoms with Crippen molar-refractivity contribution < 1.29 is 17.3 Å². The van der Waals surface area contributed by atoms with E-state index in [2.05, 4.69) is 20.1 Å². The van der Waals surface area contributed by atoms with Crippen molar-refractivity contribution in [1.82, 2.24) is 0 Å². The Balaban J connectivity index is 2.75. The first-order valence-corrected chi connectivity index (χ1v) is 5.05. The summed E-state index contributed by atoms with van der Waals surface area (Å²) in [7, 11) is 0. The molecule has 0 N–H and O–H groups in total. The quantitative estimate of drug-likeness (QED) is 0.786. The van der Waals surface area contributed by atoms with Gasteiger partial charge in [-0.25, -0.2) is 8.60 Å². The van der Waals surface area contributed by atoms with E-state index in [-0.39, 0.29) is 6.61 Å². The molecule has 1 atom stereocenters. The summed E-state index contributed by atoms with van der Waals surface area (Å²) in [5, 5.41) is 0. The molecule has 0 amide bonds. The highest BCUT2D eigenvalue weighted by atomic mass is 79.9. The number of hydrogen-bond donors (Lipinski definition) is 0. The maximum absolute atomic E-state index is 12.6. The van der Waals surface area contributed by atoms with E-state index in [4.69, 9.17) is 0 Å². The number of halogens is 2. The summed E-state index contributed by atoms with van der Waals surface area (Å²) in [4.78, 5) is 0. The lowest BCUT2D eigenvalue weighted by Gasteiger charge is -2.07. The third-order valence-corrected chi connectivity index (χ3v) is 2.40. The normalized spacial score (nSPS) is 12.8. The van der Waals surface area contributed by atoms with Crippen LogP contribution in [-0.4, -0.2) is 8.76 Å². The van der Waals surface area contributed by atoms with Crippen molar-refractivity contribution in [2.45, 2.75) is 6.61 Å². The SMILES string of the molecule is O=S([O-])OCc1cc(F)ccc1Br. The third kappa shape index (κ3) is 3.51. The van der Waals surface area contributed by atoms with Crippen LogP contribution < -0.4 is 0 Å². The third-order valence-electron chi connectivity index (χ3n) is 1.32. The maximum atomic E-state index is 12.6. The van der Waals surface area contributed by atoms with Crippen LogP contribution >= 0.6 is 15.9 Å². The standard InChI is InChI=1S/C7H6BrFO3S/c8-7-2-1-6(9)3-5(7)4-12-13(10)11/h1-3H,4H2,(H,10,11)/p-1. The highest BCUT2D eigenvalue weighted by Gasteiger charge is 2.01. The molecular formula is C7H5BrFO3S-. The number of benzene rings is 1. The van der Waals surface area contributed by atoms with E-state index < -0.39 is 17.2 Å². The smallest absolute Gasteiger partial charge is 0.123 e. The molecule has 6 heteroatoms.